The van der Waals surface area contributed by atoms with E-state index in [1.54, 1.807) is 0 Å². The first-order valence-electron chi connectivity index (χ1n) is 2.89. The first-order valence-corrected chi connectivity index (χ1v) is 3.30. The van der Waals surface area contributed by atoms with E-state index < -0.39 is 17.9 Å². The van der Waals surface area contributed by atoms with E-state index in [0.29, 0.717) is 5.06 Å². The molecule has 0 saturated carbocycles. The normalized spacial score (nSPS) is 16.9. The van der Waals surface area contributed by atoms with Gasteiger partial charge in [-0.3, -0.25) is 5.41 Å². The van der Waals surface area contributed by atoms with Gasteiger partial charge in [0.05, 0.1) is 0 Å². The van der Waals surface area contributed by atoms with Gasteiger partial charge in [-0.25, -0.2) is 9.59 Å². The number of hydrogen-bond acceptors (Lipinski definition) is 6. The van der Waals surface area contributed by atoms with Gasteiger partial charge in [0.15, 0.2) is 0 Å². The number of nitrogens with zero attached hydrogens (tertiary/aromatic N) is 1. The minimum Gasteiger partial charge on any atom is -0.367 e. The molecule has 0 spiro atoms. The van der Waals surface area contributed by atoms with Crippen LogP contribution in [0.25, 0.3) is 0 Å². The van der Waals surface area contributed by atoms with Crippen molar-refractivity contribution in [3.05, 3.63) is 0 Å². The van der Waals surface area contributed by atoms with Crippen LogP contribution in [0.5, 0.6) is 0 Å². The summed E-state index contributed by atoms with van der Waals surface area (Å²) in [4.78, 5) is 29.6. The molecule has 0 bridgehead atoms. The van der Waals surface area contributed by atoms with Crippen LogP contribution < -0.4 is 11.2 Å². The summed E-state index contributed by atoms with van der Waals surface area (Å²) in [5.74, 6) is -3.24. The number of guanidine groups is 1. The molecular weight excluding hydrogens is 200 g/mol. The fraction of sp³-hybridized carbons (Fsp3) is 0. The molecule has 1 heterocycles. The molecule has 70 valence electrons. The highest BCUT2D eigenvalue weighted by Crippen LogP contribution is 1.98. The molecule has 0 aliphatic carbocycles. The number of carbonyl (C=O) groups is 2. The summed E-state index contributed by atoms with van der Waals surface area (Å²) in [5, 5.41) is 7.04. The Hall–Kier alpha value is -1.90. The van der Waals surface area contributed by atoms with Crippen molar-refractivity contribution in [3.8, 4) is 0 Å². The maximum Gasteiger partial charge on any atom is 0.444 e. The lowest BCUT2D eigenvalue weighted by molar-refractivity contribution is -0.176. The lowest BCUT2D eigenvalue weighted by Crippen LogP contribution is -2.44. The van der Waals surface area contributed by atoms with Crippen LogP contribution in [0.2, 0.25) is 0 Å². The molecule has 1 saturated heterocycles. The van der Waals surface area contributed by atoms with Crippen LogP contribution >= 0.6 is 12.2 Å². The smallest absolute Gasteiger partial charge is 0.367 e. The van der Waals surface area contributed by atoms with Gasteiger partial charge in [-0.05, 0) is 12.2 Å². The Morgan fingerprint density at radius 3 is 2.69 bits per heavy atom. The number of nitrogens with two attached hydrogens (primary N) is 1. The van der Waals surface area contributed by atoms with Crippen molar-refractivity contribution >= 4 is 35.2 Å². The summed E-state index contributed by atoms with van der Waals surface area (Å²) in [5.41, 5.74) is 6.87. The van der Waals surface area contributed by atoms with Gasteiger partial charge >= 0.3 is 11.9 Å². The lowest BCUT2D eigenvalue weighted by Gasteiger charge is -2.15. The van der Waals surface area contributed by atoms with Gasteiger partial charge in [-0.1, -0.05) is 0 Å². The van der Waals surface area contributed by atoms with Crippen molar-refractivity contribution < 1.29 is 19.3 Å². The molecular formula is C4H4N4O4S. The lowest BCUT2D eigenvalue weighted by atomic mass is 10.7. The van der Waals surface area contributed by atoms with Crippen molar-refractivity contribution in [3.63, 3.8) is 0 Å². The molecule has 9 heteroatoms. The summed E-state index contributed by atoms with van der Waals surface area (Å²) in [6, 6.07) is 0. The van der Waals surface area contributed by atoms with E-state index in [-0.39, 0.29) is 5.11 Å². The fourth-order valence-electron chi connectivity index (χ4n) is 0.493. The van der Waals surface area contributed by atoms with E-state index in [9.17, 15) is 9.59 Å². The summed E-state index contributed by atoms with van der Waals surface area (Å²) in [6.45, 7) is 0. The van der Waals surface area contributed by atoms with Gasteiger partial charge in [-0.15, -0.1) is 5.06 Å². The predicted molar refractivity (Wildman–Crippen MR) is 41.7 cm³/mol. The molecule has 1 aliphatic heterocycles. The van der Waals surface area contributed by atoms with Gasteiger partial charge in [-0.2, -0.15) is 5.48 Å². The zero-order chi connectivity index (χ0) is 10.0. The molecule has 0 aromatic heterocycles. The van der Waals surface area contributed by atoms with E-state index in [1.807, 2.05) is 5.48 Å². The van der Waals surface area contributed by atoms with Crippen LogP contribution in [-0.4, -0.2) is 28.1 Å². The van der Waals surface area contributed by atoms with Gasteiger partial charge in [0.2, 0.25) is 11.1 Å². The first kappa shape index (κ1) is 9.19. The second-order valence-corrected chi connectivity index (χ2v) is 2.24. The molecule has 13 heavy (non-hydrogen) atoms. The standard InChI is InChI=1S/C4H4N4O4S/c5-3(6)8-4(13)7-11-1(9)2(10)12-8/h(H3,5,6)(H,7,13). The van der Waals surface area contributed by atoms with E-state index >= 15 is 0 Å². The zero-order valence-corrected chi connectivity index (χ0v) is 6.88. The summed E-state index contributed by atoms with van der Waals surface area (Å²) >= 11 is 4.54. The second kappa shape index (κ2) is 3.23. The van der Waals surface area contributed by atoms with Gasteiger partial charge in [0, 0.05) is 0 Å². The highest BCUT2D eigenvalue weighted by Gasteiger charge is 2.30. The highest BCUT2D eigenvalue weighted by atomic mass is 32.1. The highest BCUT2D eigenvalue weighted by molar-refractivity contribution is 7.80. The molecule has 8 nitrogen and oxygen atoms in total. The topological polar surface area (TPSA) is 118 Å². The number of carbonyl (C=O) groups excluding carboxylic acids is 2. The zero-order valence-electron chi connectivity index (χ0n) is 6.07. The van der Waals surface area contributed by atoms with Crippen LogP contribution in [0, 0.1) is 5.41 Å². The first-order chi connectivity index (χ1) is 6.02. The SMILES string of the molecule is N=C(N)N1OC(=O)C(=O)ONC1=S. The van der Waals surface area contributed by atoms with Crippen LogP contribution in [0.15, 0.2) is 0 Å². The number of hydroxylamine groups is 3. The van der Waals surface area contributed by atoms with Crippen LogP contribution in [0.3, 0.4) is 0 Å². The van der Waals surface area contributed by atoms with Crippen LogP contribution in [-0.2, 0) is 19.3 Å². The third kappa shape index (κ3) is 1.82. The quantitative estimate of drug-likeness (QED) is 0.179. The van der Waals surface area contributed by atoms with E-state index in [0.717, 1.165) is 0 Å². The number of nitrogens with one attached hydrogen (secondary N) is 2. The summed E-state index contributed by atoms with van der Waals surface area (Å²) < 4.78 is 0. The monoisotopic (exact) mass is 204 g/mol. The minimum absolute atomic E-state index is 0.313. The maximum absolute atomic E-state index is 10.7. The Balaban J connectivity index is 2.86. The number of thiocarbonyl (C=S) groups is 1. The third-order valence-electron chi connectivity index (χ3n) is 0.975. The molecule has 1 fully saturated rings. The number of hydrogen-bond donors (Lipinski definition) is 3. The Labute approximate surface area is 77.0 Å². The van der Waals surface area contributed by atoms with E-state index in [1.165, 1.54) is 0 Å². The summed E-state index contributed by atoms with van der Waals surface area (Å²) in [7, 11) is 0. The second-order valence-electron chi connectivity index (χ2n) is 1.86. The molecule has 0 unspecified atom stereocenters. The summed E-state index contributed by atoms with van der Waals surface area (Å²) in [6.07, 6.45) is 0. The molecule has 1 aliphatic rings. The van der Waals surface area contributed by atoms with Crippen molar-refractivity contribution in [2.45, 2.75) is 0 Å². The molecule has 0 atom stereocenters. The third-order valence-corrected chi connectivity index (χ3v) is 1.22. The van der Waals surface area contributed by atoms with Crippen LogP contribution in [0.1, 0.15) is 0 Å². The van der Waals surface area contributed by atoms with Crippen molar-refractivity contribution in [2.24, 2.45) is 5.73 Å². The maximum atomic E-state index is 10.7. The Bertz CT molecular complexity index is 303. The molecule has 0 amide bonds. The molecule has 0 aromatic carbocycles. The van der Waals surface area contributed by atoms with Crippen molar-refractivity contribution in [1.29, 1.82) is 5.41 Å². The van der Waals surface area contributed by atoms with Gasteiger partial charge < -0.3 is 15.4 Å². The van der Waals surface area contributed by atoms with Crippen LogP contribution in [0.4, 0.5) is 0 Å². The van der Waals surface area contributed by atoms with Crippen molar-refractivity contribution in [2.75, 3.05) is 0 Å². The Morgan fingerprint density at radius 2 is 2.15 bits per heavy atom. The average molecular weight is 204 g/mol. The van der Waals surface area contributed by atoms with E-state index in [4.69, 9.17) is 11.1 Å². The average Bonchev–Trinajstić information content (AvgIpc) is 2.18. The molecule has 4 N–H and O–H groups in total. The van der Waals surface area contributed by atoms with Gasteiger partial charge in [0.25, 0.3) is 0 Å². The molecule has 0 radical (unpaired) electrons. The minimum atomic E-state index is -1.32. The van der Waals surface area contributed by atoms with E-state index in [2.05, 4.69) is 21.9 Å². The fourth-order valence-corrected chi connectivity index (χ4v) is 0.671. The van der Waals surface area contributed by atoms with Gasteiger partial charge in [0.1, 0.15) is 0 Å². The molecule has 1 rings (SSSR count). The Morgan fingerprint density at radius 1 is 1.54 bits per heavy atom. The van der Waals surface area contributed by atoms with Crippen molar-refractivity contribution in [1.82, 2.24) is 10.5 Å². The molecule has 0 aromatic rings. The largest absolute Gasteiger partial charge is 0.444 e. The number of rotatable bonds is 0. The Kier molecular flexibility index (Phi) is 2.28. The predicted octanol–water partition coefficient (Wildman–Crippen LogP) is -2.01.